The highest BCUT2D eigenvalue weighted by molar-refractivity contribution is 7.90. The Hall–Kier alpha value is -2.74. The lowest BCUT2D eigenvalue weighted by molar-refractivity contribution is 0.581. The predicted octanol–water partition coefficient (Wildman–Crippen LogP) is 5.77. The Balaban J connectivity index is 1.30. The van der Waals surface area contributed by atoms with E-state index in [0.717, 1.165) is 30.7 Å². The van der Waals surface area contributed by atoms with Crippen molar-refractivity contribution in [3.63, 3.8) is 0 Å². The van der Waals surface area contributed by atoms with Crippen LogP contribution in [0, 0.1) is 12.7 Å². The summed E-state index contributed by atoms with van der Waals surface area (Å²) in [4.78, 5) is 4.84. The van der Waals surface area contributed by atoms with Crippen LogP contribution in [0.5, 0.6) is 0 Å². The fourth-order valence-electron chi connectivity index (χ4n) is 5.17. The Morgan fingerprint density at radius 3 is 2.62 bits per heavy atom. The number of aryl methyl sites for hydroxylation is 1. The largest absolute Gasteiger partial charge is 0.336 e. The maximum absolute atomic E-state index is 14.9. The van der Waals surface area contributed by atoms with Crippen LogP contribution < -0.4 is 5.32 Å². The minimum absolute atomic E-state index is 0.0847. The van der Waals surface area contributed by atoms with Crippen LogP contribution in [0.2, 0.25) is 0 Å². The summed E-state index contributed by atoms with van der Waals surface area (Å²) in [6, 6.07) is 9.64. The molecule has 2 aromatic heterocycles. The molecule has 8 heteroatoms. The molecule has 1 aliphatic heterocycles. The zero-order valence-corrected chi connectivity index (χ0v) is 20.9. The summed E-state index contributed by atoms with van der Waals surface area (Å²) in [6.45, 7) is 8.74. The number of sulfone groups is 1. The number of benzene rings is 1. The topological polar surface area (TPSA) is 87.7 Å². The number of H-pyrrole nitrogens is 1. The lowest BCUT2D eigenvalue weighted by atomic mass is 9.85. The van der Waals surface area contributed by atoms with Crippen molar-refractivity contribution >= 4 is 21.3 Å². The Morgan fingerprint density at radius 1 is 1.09 bits per heavy atom. The molecule has 0 bridgehead atoms. The van der Waals surface area contributed by atoms with Crippen molar-refractivity contribution in [3.8, 4) is 0 Å². The smallest absolute Gasteiger partial charge is 0.158 e. The molecule has 0 amide bonds. The molecule has 0 saturated heterocycles. The minimum atomic E-state index is -3.26. The molecule has 1 aliphatic carbocycles. The van der Waals surface area contributed by atoms with Gasteiger partial charge in [-0.2, -0.15) is 5.10 Å². The average Bonchev–Trinajstić information content (AvgIpc) is 3.47. The number of hydrogen-bond acceptors (Lipinski definition) is 5. The number of halogens is 1. The van der Waals surface area contributed by atoms with Crippen LogP contribution in [0.25, 0.3) is 0 Å². The normalized spacial score (nSPS) is 21.6. The summed E-state index contributed by atoms with van der Waals surface area (Å²) < 4.78 is 38.7. The van der Waals surface area contributed by atoms with Crippen molar-refractivity contribution in [2.75, 3.05) is 5.32 Å². The van der Waals surface area contributed by atoms with Gasteiger partial charge in [0.25, 0.3) is 0 Å². The zero-order chi connectivity index (χ0) is 24.3. The van der Waals surface area contributed by atoms with Crippen LogP contribution >= 0.6 is 0 Å². The summed E-state index contributed by atoms with van der Waals surface area (Å²) >= 11 is 0. The number of fused-ring (bicyclic) bond motifs is 1. The summed E-state index contributed by atoms with van der Waals surface area (Å²) in [5.74, 6) is 0.418. The number of aromatic nitrogens is 3. The number of aromatic amines is 1. The van der Waals surface area contributed by atoms with Crippen LogP contribution in [-0.2, 0) is 26.8 Å². The monoisotopic (exact) mass is 482 g/mol. The van der Waals surface area contributed by atoms with Gasteiger partial charge in [-0.15, -0.1) is 0 Å². The molecule has 2 unspecified atom stereocenters. The molecule has 2 atom stereocenters. The molecule has 2 aliphatic rings. The lowest BCUT2D eigenvalue weighted by Gasteiger charge is -2.22. The second kappa shape index (κ2) is 8.18. The van der Waals surface area contributed by atoms with Crippen molar-refractivity contribution in [1.29, 1.82) is 0 Å². The number of hydrogen-bond donors (Lipinski definition) is 2. The third-order valence-electron chi connectivity index (χ3n) is 7.07. The van der Waals surface area contributed by atoms with E-state index in [1.165, 1.54) is 11.3 Å². The van der Waals surface area contributed by atoms with Gasteiger partial charge >= 0.3 is 0 Å². The molecule has 2 N–H and O–H groups in total. The third-order valence-corrected chi connectivity index (χ3v) is 8.55. The molecule has 5 rings (SSSR count). The standard InChI is InChI=1S/C26H31FN4O2S/c1-15-9-19(26(2,3)4)11-22(28-15)16-5-6-17(10-16)23-12-24(31-30-23)29-21-8-7-18-13-34(32,33)14-20(18)25(21)27/h7-9,11-12,16-17H,5-6,10,13-14H2,1-4H3,(H2,29,30,31). The van der Waals surface area contributed by atoms with Crippen LogP contribution in [0.15, 0.2) is 30.3 Å². The molecule has 0 spiro atoms. The van der Waals surface area contributed by atoms with Gasteiger partial charge in [0, 0.05) is 40.5 Å². The summed E-state index contributed by atoms with van der Waals surface area (Å²) in [5.41, 5.74) is 5.71. The fourth-order valence-corrected chi connectivity index (χ4v) is 6.77. The Morgan fingerprint density at radius 2 is 1.85 bits per heavy atom. The van der Waals surface area contributed by atoms with E-state index in [9.17, 15) is 12.8 Å². The van der Waals surface area contributed by atoms with Gasteiger partial charge in [-0.25, -0.2) is 12.8 Å². The number of pyridine rings is 1. The van der Waals surface area contributed by atoms with Crippen LogP contribution in [0.3, 0.4) is 0 Å². The number of nitrogens with one attached hydrogen (secondary N) is 2. The van der Waals surface area contributed by atoms with Crippen LogP contribution in [0.1, 0.15) is 85.6 Å². The van der Waals surface area contributed by atoms with Gasteiger partial charge in [-0.05, 0) is 60.9 Å². The molecule has 6 nitrogen and oxygen atoms in total. The number of nitrogens with zero attached hydrogens (tertiary/aromatic N) is 2. The van der Waals surface area contributed by atoms with Gasteiger partial charge in [0.2, 0.25) is 0 Å². The van der Waals surface area contributed by atoms with Gasteiger partial charge in [-0.1, -0.05) is 26.8 Å². The molecule has 180 valence electrons. The van der Waals surface area contributed by atoms with Gasteiger partial charge in [0.15, 0.2) is 21.5 Å². The molecule has 3 heterocycles. The van der Waals surface area contributed by atoms with Crippen molar-refractivity contribution in [2.45, 2.75) is 75.7 Å². The number of rotatable bonds is 4. The van der Waals surface area contributed by atoms with Crippen LogP contribution in [0.4, 0.5) is 15.9 Å². The number of anilines is 2. The highest BCUT2D eigenvalue weighted by Crippen LogP contribution is 2.44. The maximum Gasteiger partial charge on any atom is 0.158 e. The van der Waals surface area contributed by atoms with Crippen LogP contribution in [-0.4, -0.2) is 23.6 Å². The molecule has 34 heavy (non-hydrogen) atoms. The summed E-state index contributed by atoms with van der Waals surface area (Å²) in [5, 5.41) is 10.5. The average molecular weight is 483 g/mol. The Kier molecular flexibility index (Phi) is 5.54. The summed E-state index contributed by atoms with van der Waals surface area (Å²) in [7, 11) is -3.26. The predicted molar refractivity (Wildman–Crippen MR) is 132 cm³/mol. The summed E-state index contributed by atoms with van der Waals surface area (Å²) in [6.07, 6.45) is 3.10. The minimum Gasteiger partial charge on any atom is -0.336 e. The molecule has 3 aromatic rings. The zero-order valence-electron chi connectivity index (χ0n) is 20.1. The molecular weight excluding hydrogens is 451 g/mol. The lowest BCUT2D eigenvalue weighted by Crippen LogP contribution is -2.13. The SMILES string of the molecule is Cc1cc(C(C)(C)C)cc(C2CCC(c3cc(Nc4ccc5c(c4F)CS(=O)(=O)C5)n[nH]3)C2)n1. The maximum atomic E-state index is 14.9. The van der Waals surface area contributed by atoms with E-state index >= 15 is 0 Å². The first-order valence-corrected chi connectivity index (χ1v) is 13.6. The first-order valence-electron chi connectivity index (χ1n) is 11.8. The Bertz CT molecular complexity index is 1360. The van der Waals surface area contributed by atoms with Crippen molar-refractivity contribution < 1.29 is 12.8 Å². The second-order valence-electron chi connectivity index (χ2n) is 10.8. The van der Waals surface area contributed by atoms with Gasteiger partial charge in [0.1, 0.15) is 0 Å². The van der Waals surface area contributed by atoms with E-state index in [1.54, 1.807) is 12.1 Å². The highest BCUT2D eigenvalue weighted by Gasteiger charge is 2.31. The molecule has 1 fully saturated rings. The van der Waals surface area contributed by atoms with E-state index in [4.69, 9.17) is 4.98 Å². The first-order chi connectivity index (χ1) is 16.0. The van der Waals surface area contributed by atoms with Crippen molar-refractivity contribution in [2.24, 2.45) is 0 Å². The molecule has 0 radical (unpaired) electrons. The van der Waals surface area contributed by atoms with E-state index < -0.39 is 15.7 Å². The fraction of sp³-hybridized carbons (Fsp3) is 0.462. The highest BCUT2D eigenvalue weighted by atomic mass is 32.2. The quantitative estimate of drug-likeness (QED) is 0.493. The van der Waals surface area contributed by atoms with Crippen molar-refractivity contribution in [3.05, 3.63) is 69.9 Å². The van der Waals surface area contributed by atoms with Gasteiger partial charge in [0.05, 0.1) is 17.2 Å². The van der Waals surface area contributed by atoms with E-state index in [1.807, 2.05) is 6.07 Å². The van der Waals surface area contributed by atoms with E-state index in [0.29, 0.717) is 23.2 Å². The van der Waals surface area contributed by atoms with Crippen molar-refractivity contribution in [1.82, 2.24) is 15.2 Å². The van der Waals surface area contributed by atoms with E-state index in [-0.39, 0.29) is 28.2 Å². The molecule has 1 aromatic carbocycles. The second-order valence-corrected chi connectivity index (χ2v) is 12.9. The van der Waals surface area contributed by atoms with Gasteiger partial charge < -0.3 is 5.32 Å². The van der Waals surface area contributed by atoms with Gasteiger partial charge in [-0.3, -0.25) is 10.1 Å². The van der Waals surface area contributed by atoms with E-state index in [2.05, 4.69) is 55.3 Å². The first kappa shape index (κ1) is 23.0. The molecule has 1 saturated carbocycles. The Labute approximate surface area is 200 Å². The molecular formula is C26H31FN4O2S. The third kappa shape index (κ3) is 4.48.